The second-order valence-corrected chi connectivity index (χ2v) is 29.9. The molecule has 0 fully saturated rings. The van der Waals surface area contributed by atoms with E-state index in [-0.39, 0.29) is 0 Å². The van der Waals surface area contributed by atoms with Crippen LogP contribution in [0.1, 0.15) is 22.3 Å². The lowest BCUT2D eigenvalue weighted by atomic mass is 9.68. The fraction of sp³-hybridized carbons (Fsp3) is 0.00952. The third-order valence-electron chi connectivity index (χ3n) is 24.2. The van der Waals surface area contributed by atoms with Crippen molar-refractivity contribution < 1.29 is 0 Å². The van der Waals surface area contributed by atoms with E-state index in [9.17, 15) is 0 Å². The van der Waals surface area contributed by atoms with E-state index in [1.54, 1.807) is 0 Å². The van der Waals surface area contributed by atoms with Gasteiger partial charge in [-0.25, -0.2) is 0 Å². The Labute approximate surface area is 639 Å². The second-order valence-electron chi connectivity index (χ2n) is 29.9. The van der Waals surface area contributed by atoms with Crippen LogP contribution in [-0.2, 0) is 5.41 Å². The van der Waals surface area contributed by atoms with Crippen molar-refractivity contribution in [3.63, 3.8) is 0 Å². The van der Waals surface area contributed by atoms with Crippen molar-refractivity contribution in [2.24, 2.45) is 0 Å². The van der Waals surface area contributed by atoms with Crippen LogP contribution in [-0.4, -0.2) is 18.3 Å². The molecule has 0 atom stereocenters. The van der Waals surface area contributed by atoms with Crippen molar-refractivity contribution in [1.82, 2.24) is 18.3 Å². The summed E-state index contributed by atoms with van der Waals surface area (Å²) in [6, 6.07) is 150. The lowest BCUT2D eigenvalue weighted by molar-refractivity contribution is 0.809. The van der Waals surface area contributed by atoms with Crippen LogP contribution >= 0.6 is 0 Å². The fourth-order valence-electron chi connectivity index (χ4n) is 19.8. The molecule has 2 aliphatic carbocycles. The zero-order valence-corrected chi connectivity index (χ0v) is 60.3. The van der Waals surface area contributed by atoms with Gasteiger partial charge in [-0.2, -0.15) is 0 Å². The van der Waals surface area contributed by atoms with Gasteiger partial charge in [0.1, 0.15) is 0 Å². The minimum Gasteiger partial charge on any atom is -0.310 e. The molecular weight excluding hydrogens is 1350 g/mol. The van der Waals surface area contributed by atoms with Gasteiger partial charge in [0.05, 0.1) is 49.5 Å². The highest BCUT2D eigenvalue weighted by Gasteiger charge is 2.53. The first-order chi connectivity index (χ1) is 55.1. The van der Waals surface area contributed by atoms with Gasteiger partial charge in [0.2, 0.25) is 0 Å². The molecule has 4 heterocycles. The molecule has 0 bridgehead atoms. The first kappa shape index (κ1) is 61.4. The predicted molar refractivity (Wildman–Crippen MR) is 464 cm³/mol. The number of rotatable bonds is 10. The summed E-state index contributed by atoms with van der Waals surface area (Å²) >= 11 is 0. The minimum atomic E-state index is -0.689. The van der Waals surface area contributed by atoms with Gasteiger partial charge in [-0.1, -0.05) is 231 Å². The summed E-state index contributed by atoms with van der Waals surface area (Å²) in [5.74, 6) is 0. The predicted octanol–water partition coefficient (Wildman–Crippen LogP) is 27.7. The highest BCUT2D eigenvalue weighted by molar-refractivity contribution is 6.17. The average Bonchev–Trinajstić information content (AvgIpc) is 1.49. The molecular formula is C105H66N6. The number of nitrogens with zero attached hydrogens (tertiary/aromatic N) is 6. The van der Waals surface area contributed by atoms with Crippen molar-refractivity contribution in [3.05, 3.63) is 423 Å². The summed E-state index contributed by atoms with van der Waals surface area (Å²) in [5, 5.41) is 14.4. The normalized spacial score (nSPS) is 12.8. The van der Waals surface area contributed by atoms with Crippen LogP contribution < -0.4 is 9.80 Å². The van der Waals surface area contributed by atoms with Crippen molar-refractivity contribution in [3.8, 4) is 45.0 Å². The smallest absolute Gasteiger partial charge is 0.0737 e. The number of hydrogen-bond donors (Lipinski definition) is 0. The minimum absolute atomic E-state index is 0.689. The van der Waals surface area contributed by atoms with Gasteiger partial charge < -0.3 is 28.1 Å². The van der Waals surface area contributed by atoms with Crippen molar-refractivity contribution in [2.75, 3.05) is 9.80 Å². The molecule has 0 N–H and O–H groups in total. The molecule has 24 rings (SSSR count). The Hall–Kier alpha value is -14.7. The molecule has 516 valence electrons. The zero-order chi connectivity index (χ0) is 72.6. The highest BCUT2D eigenvalue weighted by Crippen LogP contribution is 2.66. The van der Waals surface area contributed by atoms with Crippen molar-refractivity contribution in [2.45, 2.75) is 5.41 Å². The fourth-order valence-corrected chi connectivity index (χ4v) is 19.8. The second kappa shape index (κ2) is 23.6. The number of hydrogen-bond acceptors (Lipinski definition) is 2. The van der Waals surface area contributed by atoms with Gasteiger partial charge in [0.25, 0.3) is 0 Å². The van der Waals surface area contributed by atoms with E-state index in [0.717, 1.165) is 78.9 Å². The van der Waals surface area contributed by atoms with Crippen LogP contribution in [0.15, 0.2) is 400 Å². The number of fused-ring (bicyclic) bond motifs is 26. The van der Waals surface area contributed by atoms with Gasteiger partial charge in [-0.05, 0) is 236 Å². The zero-order valence-electron chi connectivity index (χ0n) is 60.3. The molecule has 22 aromatic rings. The standard InChI is InChI=1S/C105H66N6/c1-5-25-69(26-6-1)108-95-41-21-15-35-83(95)89-63-75(49-57-99(89)108)106(76-50-58-100-90(64-76)84-36-16-22-42-96(84)109(100)70-27-7-2-8-28-70)73-47-55-79-67(61-73)45-53-87-88-54-46-68-62-74(48-56-80(68)104(88)105(103(79)87)93-39-19-13-33-81(93)82-34-14-20-40-94(82)105)107(77-51-59-101-91(65-77)85-37-17-23-43-97(85)110(101)71-29-9-3-10-30-71)78-52-60-102-92(66-78)86-38-18-24-44-98(86)111(102)72-31-11-4-12-32-72/h1-66H. The Morgan fingerprint density at radius 2 is 0.423 bits per heavy atom. The van der Waals surface area contributed by atoms with Crippen LogP contribution in [0.25, 0.3) is 154 Å². The molecule has 0 saturated carbocycles. The quantitative estimate of drug-likeness (QED) is 0.136. The van der Waals surface area contributed by atoms with Gasteiger partial charge in [0.15, 0.2) is 0 Å². The van der Waals surface area contributed by atoms with Crippen LogP contribution in [0.4, 0.5) is 34.1 Å². The van der Waals surface area contributed by atoms with Crippen LogP contribution in [0.3, 0.4) is 0 Å². The molecule has 0 unspecified atom stereocenters. The van der Waals surface area contributed by atoms with Crippen LogP contribution in [0.2, 0.25) is 0 Å². The van der Waals surface area contributed by atoms with Gasteiger partial charge in [-0.3, -0.25) is 0 Å². The molecule has 111 heavy (non-hydrogen) atoms. The Morgan fingerprint density at radius 1 is 0.171 bits per heavy atom. The third-order valence-corrected chi connectivity index (χ3v) is 24.2. The summed E-state index contributed by atoms with van der Waals surface area (Å²) in [6.45, 7) is 0. The Morgan fingerprint density at radius 3 is 0.739 bits per heavy atom. The Balaban J connectivity index is 0.714. The molecule has 0 saturated heterocycles. The number of anilines is 6. The largest absolute Gasteiger partial charge is 0.310 e. The molecule has 18 aromatic carbocycles. The van der Waals surface area contributed by atoms with E-state index < -0.39 is 5.41 Å². The average molecular weight is 1410 g/mol. The third kappa shape index (κ3) is 8.78. The highest BCUT2D eigenvalue weighted by atomic mass is 15.2. The van der Waals surface area contributed by atoms with E-state index in [4.69, 9.17) is 0 Å². The van der Waals surface area contributed by atoms with Gasteiger partial charge in [-0.15, -0.1) is 0 Å². The number of para-hydroxylation sites is 8. The van der Waals surface area contributed by atoms with E-state index in [1.165, 1.54) is 131 Å². The summed E-state index contributed by atoms with van der Waals surface area (Å²) in [4.78, 5) is 4.99. The van der Waals surface area contributed by atoms with Crippen molar-refractivity contribution in [1.29, 1.82) is 0 Å². The van der Waals surface area contributed by atoms with E-state index in [2.05, 4.69) is 428 Å². The maximum Gasteiger partial charge on any atom is 0.0737 e. The van der Waals surface area contributed by atoms with E-state index in [1.807, 2.05) is 0 Å². The molecule has 6 heteroatoms. The summed E-state index contributed by atoms with van der Waals surface area (Å²) in [7, 11) is 0. The lowest BCUT2D eigenvalue weighted by Crippen LogP contribution is -2.26. The Kier molecular flexibility index (Phi) is 13.1. The number of aromatic nitrogens is 4. The molecule has 0 aliphatic heterocycles. The molecule has 1 spiro atoms. The van der Waals surface area contributed by atoms with E-state index in [0.29, 0.717) is 0 Å². The SMILES string of the molecule is c1ccc(-n2c3ccccc3c3cc(N(c4ccc5c6c(ccc5c4)-c4ccc5cc(N(c7ccc8c(c7)c7ccccc7n8-c7ccccc7)c7ccc8c(c7)c7ccccc7n8-c7ccccc7)ccc5c4C64c5ccccc5-c5ccccc54)c4ccc5c(c4)c4ccccc4n5-c4ccccc4)ccc32)cc1. The van der Waals surface area contributed by atoms with Crippen molar-refractivity contribution >= 4 is 143 Å². The summed E-state index contributed by atoms with van der Waals surface area (Å²) < 4.78 is 9.63. The monoisotopic (exact) mass is 1410 g/mol. The van der Waals surface area contributed by atoms with Gasteiger partial charge >= 0.3 is 0 Å². The topological polar surface area (TPSA) is 26.2 Å². The molecule has 2 aliphatic rings. The first-order valence-corrected chi connectivity index (χ1v) is 38.4. The summed E-state index contributed by atoms with van der Waals surface area (Å²) in [5.41, 5.74) is 29.9. The molecule has 6 nitrogen and oxygen atoms in total. The van der Waals surface area contributed by atoms with Crippen LogP contribution in [0.5, 0.6) is 0 Å². The maximum atomic E-state index is 2.50. The summed E-state index contributed by atoms with van der Waals surface area (Å²) in [6.07, 6.45) is 0. The van der Waals surface area contributed by atoms with Crippen LogP contribution in [0, 0.1) is 0 Å². The Bertz CT molecular complexity index is 6880. The number of benzene rings is 18. The van der Waals surface area contributed by atoms with Gasteiger partial charge in [0, 0.05) is 100.0 Å². The van der Waals surface area contributed by atoms with E-state index >= 15 is 0 Å². The molecule has 0 amide bonds. The molecule has 4 aromatic heterocycles. The lowest BCUT2D eigenvalue weighted by Gasteiger charge is -2.33. The first-order valence-electron chi connectivity index (χ1n) is 38.4. The maximum absolute atomic E-state index is 2.50. The molecule has 0 radical (unpaired) electrons.